The lowest BCUT2D eigenvalue weighted by molar-refractivity contribution is -0.155. The molecule has 3 aliphatic rings. The Kier molecular flexibility index (Phi) is 4.33. The predicted octanol–water partition coefficient (Wildman–Crippen LogP) is 0.969. The van der Waals surface area contributed by atoms with Crippen LogP contribution in [0.5, 0.6) is 0 Å². The molecule has 9 heteroatoms. The van der Waals surface area contributed by atoms with Crippen molar-refractivity contribution in [1.29, 1.82) is 0 Å². The number of para-hydroxylation sites is 2. The fourth-order valence-electron chi connectivity index (χ4n) is 3.76. The molecule has 2 fully saturated rings. The second kappa shape index (κ2) is 6.56. The van der Waals surface area contributed by atoms with Crippen LogP contribution in [0.3, 0.4) is 0 Å². The van der Waals surface area contributed by atoms with Crippen molar-refractivity contribution in [2.45, 2.75) is 30.7 Å². The van der Waals surface area contributed by atoms with Gasteiger partial charge in [0.1, 0.15) is 12.6 Å². The summed E-state index contributed by atoms with van der Waals surface area (Å²) in [6.07, 6.45) is 1.13. The molecule has 0 aromatic heterocycles. The number of thioether (sulfide) groups is 1. The minimum absolute atomic E-state index is 0.0580. The summed E-state index contributed by atoms with van der Waals surface area (Å²) in [5, 5.41) is 2.70. The molecule has 142 valence electrons. The first-order valence-electron chi connectivity index (χ1n) is 8.71. The number of nitrogens with one attached hydrogen (secondary N) is 1. The zero-order chi connectivity index (χ0) is 19.2. The van der Waals surface area contributed by atoms with Crippen molar-refractivity contribution < 1.29 is 23.9 Å². The van der Waals surface area contributed by atoms with Crippen LogP contribution in [0, 0.1) is 0 Å². The number of hydrogen-bond acceptors (Lipinski definition) is 6. The number of esters is 1. The molecule has 1 N–H and O–H groups in total. The van der Waals surface area contributed by atoms with Gasteiger partial charge in [0.2, 0.25) is 11.8 Å². The van der Waals surface area contributed by atoms with Crippen LogP contribution in [-0.2, 0) is 23.9 Å². The smallest absolute Gasteiger partial charge is 0.330 e. The van der Waals surface area contributed by atoms with Gasteiger partial charge in [0, 0.05) is 12.2 Å². The Morgan fingerprint density at radius 2 is 2.11 bits per heavy atom. The summed E-state index contributed by atoms with van der Waals surface area (Å²) in [7, 11) is 0. The van der Waals surface area contributed by atoms with E-state index in [9.17, 15) is 19.2 Å². The molecule has 3 amide bonds. The average Bonchev–Trinajstić information content (AvgIpc) is 3.14. The maximum Gasteiger partial charge on any atom is 0.330 e. The second-order valence-corrected chi connectivity index (χ2v) is 8.42. The van der Waals surface area contributed by atoms with Crippen LogP contribution in [0.25, 0.3) is 0 Å². The molecule has 3 heterocycles. The van der Waals surface area contributed by atoms with E-state index in [4.69, 9.17) is 4.74 Å². The minimum Gasteiger partial charge on any atom is -0.454 e. The zero-order valence-electron chi connectivity index (χ0n) is 14.8. The van der Waals surface area contributed by atoms with Gasteiger partial charge in [-0.1, -0.05) is 12.1 Å². The van der Waals surface area contributed by atoms with Gasteiger partial charge in [0.25, 0.3) is 5.91 Å². The molecule has 3 aliphatic heterocycles. The van der Waals surface area contributed by atoms with Crippen molar-refractivity contribution in [3.63, 3.8) is 0 Å². The quantitative estimate of drug-likeness (QED) is 0.774. The molecule has 0 radical (unpaired) electrons. The van der Waals surface area contributed by atoms with Gasteiger partial charge in [0.15, 0.2) is 6.61 Å². The number of carbonyl (C=O) groups excluding carboxylic acids is 4. The third kappa shape index (κ3) is 3.05. The van der Waals surface area contributed by atoms with Gasteiger partial charge in [-0.25, -0.2) is 4.79 Å². The van der Waals surface area contributed by atoms with E-state index in [-0.39, 0.29) is 23.2 Å². The second-order valence-electron chi connectivity index (χ2n) is 6.92. The Balaban J connectivity index is 1.42. The topological polar surface area (TPSA) is 96.0 Å². The molecule has 8 nitrogen and oxygen atoms in total. The number of nitrogens with zero attached hydrogens (tertiary/aromatic N) is 2. The van der Waals surface area contributed by atoms with E-state index < -0.39 is 24.5 Å². The highest BCUT2D eigenvalue weighted by molar-refractivity contribution is 8.01. The molecule has 1 aromatic rings. The van der Waals surface area contributed by atoms with Crippen LogP contribution in [0.4, 0.5) is 11.4 Å². The summed E-state index contributed by atoms with van der Waals surface area (Å²) in [6, 6.07) is 6.28. The van der Waals surface area contributed by atoms with Gasteiger partial charge in [-0.15, -0.1) is 11.8 Å². The van der Waals surface area contributed by atoms with Gasteiger partial charge < -0.3 is 15.0 Å². The SMILES string of the molecule is C[C@]12CCC(=O)N1[C@@H](C(=O)OCC(=O)N1CC(=O)Nc3ccccc31)CS2. The Hall–Kier alpha value is -2.55. The number of hydrogen-bond donors (Lipinski definition) is 1. The summed E-state index contributed by atoms with van der Waals surface area (Å²) in [4.78, 5) is 51.5. The van der Waals surface area contributed by atoms with E-state index >= 15 is 0 Å². The maximum absolute atomic E-state index is 12.6. The Bertz CT molecular complexity index is 844. The standard InChI is InChI=1S/C18H19N3O5S/c1-18-7-6-15(23)21(18)13(10-27-18)17(25)26-9-16(24)20-8-14(22)19-11-4-2-3-5-12(11)20/h2-5,13H,6-10H2,1H3,(H,19,22)/t13-,18+/m1/s1. The Morgan fingerprint density at radius 1 is 1.33 bits per heavy atom. The summed E-state index contributed by atoms with van der Waals surface area (Å²) >= 11 is 1.56. The van der Waals surface area contributed by atoms with E-state index in [0.717, 1.165) is 0 Å². The van der Waals surface area contributed by atoms with E-state index in [2.05, 4.69) is 5.32 Å². The molecular weight excluding hydrogens is 370 g/mol. The maximum atomic E-state index is 12.6. The fourth-order valence-corrected chi connectivity index (χ4v) is 5.17. The molecule has 0 unspecified atom stereocenters. The number of fused-ring (bicyclic) bond motifs is 2. The lowest BCUT2D eigenvalue weighted by Crippen LogP contribution is -2.48. The van der Waals surface area contributed by atoms with E-state index in [0.29, 0.717) is 30.0 Å². The van der Waals surface area contributed by atoms with Gasteiger partial charge in [-0.2, -0.15) is 0 Å². The van der Waals surface area contributed by atoms with Crippen LogP contribution >= 0.6 is 11.8 Å². The molecule has 27 heavy (non-hydrogen) atoms. The van der Waals surface area contributed by atoms with Crippen LogP contribution in [0.2, 0.25) is 0 Å². The third-order valence-corrected chi connectivity index (χ3v) is 6.63. The van der Waals surface area contributed by atoms with Crippen LogP contribution in [0.1, 0.15) is 19.8 Å². The summed E-state index contributed by atoms with van der Waals surface area (Å²) < 4.78 is 5.22. The first-order chi connectivity index (χ1) is 12.9. The number of carbonyl (C=O) groups is 4. The number of benzene rings is 1. The van der Waals surface area contributed by atoms with Crippen LogP contribution in [-0.4, -0.2) is 58.4 Å². The molecule has 2 atom stereocenters. The van der Waals surface area contributed by atoms with Crippen LogP contribution < -0.4 is 10.2 Å². The van der Waals surface area contributed by atoms with Crippen molar-refractivity contribution in [2.24, 2.45) is 0 Å². The molecule has 0 aliphatic carbocycles. The predicted molar refractivity (Wildman–Crippen MR) is 99.1 cm³/mol. The van der Waals surface area contributed by atoms with Gasteiger partial charge in [-0.3, -0.25) is 19.3 Å². The molecular formula is C18H19N3O5S. The lowest BCUT2D eigenvalue weighted by Gasteiger charge is -2.30. The van der Waals surface area contributed by atoms with Gasteiger partial charge in [-0.05, 0) is 25.5 Å². The van der Waals surface area contributed by atoms with Crippen molar-refractivity contribution >= 4 is 46.8 Å². The van der Waals surface area contributed by atoms with Crippen molar-refractivity contribution in [3.8, 4) is 0 Å². The van der Waals surface area contributed by atoms with Crippen LogP contribution in [0.15, 0.2) is 24.3 Å². The molecule has 0 spiro atoms. The van der Waals surface area contributed by atoms with E-state index in [1.165, 1.54) is 4.90 Å². The van der Waals surface area contributed by atoms with Crippen molar-refractivity contribution in [1.82, 2.24) is 4.90 Å². The lowest BCUT2D eigenvalue weighted by atomic mass is 10.2. The highest BCUT2D eigenvalue weighted by atomic mass is 32.2. The van der Waals surface area contributed by atoms with E-state index in [1.54, 1.807) is 40.9 Å². The first-order valence-corrected chi connectivity index (χ1v) is 9.70. The fraction of sp³-hybridized carbons (Fsp3) is 0.444. The van der Waals surface area contributed by atoms with Gasteiger partial charge >= 0.3 is 5.97 Å². The highest BCUT2D eigenvalue weighted by Crippen LogP contribution is 2.47. The monoisotopic (exact) mass is 389 g/mol. The summed E-state index contributed by atoms with van der Waals surface area (Å²) in [5.74, 6) is -0.961. The first kappa shape index (κ1) is 17.8. The Labute approximate surface area is 160 Å². The minimum atomic E-state index is -0.667. The average molecular weight is 389 g/mol. The highest BCUT2D eigenvalue weighted by Gasteiger charge is 2.53. The summed E-state index contributed by atoms with van der Waals surface area (Å²) in [6.45, 7) is 1.35. The number of ether oxygens (including phenoxy) is 1. The van der Waals surface area contributed by atoms with Crippen molar-refractivity contribution in [2.75, 3.05) is 29.1 Å². The normalized spacial score (nSPS) is 26.5. The number of rotatable bonds is 3. The molecule has 1 aromatic carbocycles. The molecule has 4 rings (SSSR count). The molecule has 2 saturated heterocycles. The van der Waals surface area contributed by atoms with Crippen molar-refractivity contribution in [3.05, 3.63) is 24.3 Å². The van der Waals surface area contributed by atoms with E-state index in [1.807, 2.05) is 6.92 Å². The summed E-state index contributed by atoms with van der Waals surface area (Å²) in [5.41, 5.74) is 1.11. The van der Waals surface area contributed by atoms with Gasteiger partial charge in [0.05, 0.1) is 16.2 Å². The Morgan fingerprint density at radius 3 is 2.93 bits per heavy atom. The zero-order valence-corrected chi connectivity index (χ0v) is 15.6. The number of anilines is 2. The molecule has 0 saturated carbocycles. The molecule has 0 bridgehead atoms. The largest absolute Gasteiger partial charge is 0.454 e. The third-order valence-electron chi connectivity index (χ3n) is 5.13. The number of amides is 3.